The molecule has 1 saturated heterocycles. The van der Waals surface area contributed by atoms with Crippen LogP contribution >= 0.6 is 0 Å². The summed E-state index contributed by atoms with van der Waals surface area (Å²) in [7, 11) is 0. The number of aromatic amines is 1. The van der Waals surface area contributed by atoms with E-state index in [1.165, 1.54) is 25.0 Å². The number of hydrogen-bond donors (Lipinski definition) is 5. The number of amides is 3. The molecule has 3 heterocycles. The van der Waals surface area contributed by atoms with E-state index in [1.54, 1.807) is 25.1 Å². The Morgan fingerprint density at radius 3 is 2.55 bits per heavy atom. The van der Waals surface area contributed by atoms with Gasteiger partial charge in [0, 0.05) is 41.3 Å². The third-order valence-electron chi connectivity index (χ3n) is 7.70. The second-order valence-electron chi connectivity index (χ2n) is 10.7. The van der Waals surface area contributed by atoms with Crippen LogP contribution in [-0.4, -0.2) is 60.1 Å². The predicted octanol–water partition coefficient (Wildman–Crippen LogP) is 4.84. The lowest BCUT2D eigenvalue weighted by atomic mass is 10.0. The van der Waals surface area contributed by atoms with Crippen LogP contribution in [0.1, 0.15) is 61.6 Å². The van der Waals surface area contributed by atoms with Gasteiger partial charge in [0.15, 0.2) is 0 Å². The van der Waals surface area contributed by atoms with Crippen LogP contribution in [0.4, 0.5) is 30.2 Å². The minimum atomic E-state index is -4.69. The van der Waals surface area contributed by atoms with Crippen molar-refractivity contribution in [2.24, 2.45) is 10.7 Å². The normalized spacial score (nSPS) is 16.0. The molecule has 5 rings (SSSR count). The van der Waals surface area contributed by atoms with Gasteiger partial charge in [0.2, 0.25) is 0 Å². The number of aryl methyl sites for hydroxylation is 1. The SMILES string of the molecule is Cc1[nH]c(/C=C2\C(=O)Nc3cc(NC(=O)c4cc(N=CN)cc(C(F)(F)F)c4)ccc32)c(C)c1C(=O)NCCN1CCCC1. The third-order valence-corrected chi connectivity index (χ3v) is 7.70. The number of nitrogens with two attached hydrogens (primary N) is 1. The van der Waals surface area contributed by atoms with Crippen molar-refractivity contribution in [2.45, 2.75) is 32.9 Å². The Morgan fingerprint density at radius 1 is 1.09 bits per heavy atom. The maximum absolute atomic E-state index is 13.4. The van der Waals surface area contributed by atoms with E-state index < -0.39 is 17.6 Å². The van der Waals surface area contributed by atoms with Crippen molar-refractivity contribution in [3.63, 3.8) is 0 Å². The lowest BCUT2D eigenvalue weighted by Gasteiger charge is -2.14. The van der Waals surface area contributed by atoms with Gasteiger partial charge in [-0.25, -0.2) is 4.99 Å². The molecular weight excluding hydrogens is 575 g/mol. The minimum absolute atomic E-state index is 0.124. The van der Waals surface area contributed by atoms with Gasteiger partial charge in [-0.1, -0.05) is 6.07 Å². The van der Waals surface area contributed by atoms with E-state index in [2.05, 4.69) is 30.8 Å². The van der Waals surface area contributed by atoms with E-state index in [0.717, 1.165) is 38.1 Å². The van der Waals surface area contributed by atoms with Crippen LogP contribution in [0.5, 0.6) is 0 Å². The second-order valence-corrected chi connectivity index (χ2v) is 10.7. The zero-order valence-corrected chi connectivity index (χ0v) is 24.2. The molecule has 1 aromatic heterocycles. The summed E-state index contributed by atoms with van der Waals surface area (Å²) >= 11 is 0. The summed E-state index contributed by atoms with van der Waals surface area (Å²) < 4.78 is 40.1. The fourth-order valence-corrected chi connectivity index (χ4v) is 5.51. The summed E-state index contributed by atoms with van der Waals surface area (Å²) in [5.41, 5.74) is 7.92. The summed E-state index contributed by atoms with van der Waals surface area (Å²) in [6.45, 7) is 7.07. The Bertz CT molecular complexity index is 1690. The highest BCUT2D eigenvalue weighted by atomic mass is 19.4. The van der Waals surface area contributed by atoms with Crippen LogP contribution < -0.4 is 21.7 Å². The van der Waals surface area contributed by atoms with Crippen LogP contribution in [0.2, 0.25) is 0 Å². The average molecular weight is 608 g/mol. The lowest BCUT2D eigenvalue weighted by molar-refractivity contribution is -0.137. The number of anilines is 2. The molecule has 13 heteroatoms. The zero-order valence-electron chi connectivity index (χ0n) is 24.2. The molecule has 0 unspecified atom stereocenters. The van der Waals surface area contributed by atoms with Crippen molar-refractivity contribution >= 4 is 52.8 Å². The van der Waals surface area contributed by atoms with E-state index in [0.29, 0.717) is 45.9 Å². The van der Waals surface area contributed by atoms with Crippen LogP contribution in [0.15, 0.2) is 41.4 Å². The van der Waals surface area contributed by atoms with Crippen molar-refractivity contribution in [1.29, 1.82) is 0 Å². The Balaban J connectivity index is 1.33. The molecule has 0 saturated carbocycles. The molecule has 2 aliphatic rings. The van der Waals surface area contributed by atoms with Crippen molar-refractivity contribution in [1.82, 2.24) is 15.2 Å². The first-order valence-electron chi connectivity index (χ1n) is 14.1. The second kappa shape index (κ2) is 12.4. The number of nitrogens with one attached hydrogen (secondary N) is 4. The molecule has 0 aliphatic carbocycles. The number of benzene rings is 2. The van der Waals surface area contributed by atoms with Gasteiger partial charge in [-0.2, -0.15) is 13.2 Å². The summed E-state index contributed by atoms with van der Waals surface area (Å²) in [4.78, 5) is 48.0. The topological polar surface area (TPSA) is 145 Å². The molecule has 3 aromatic rings. The number of carbonyl (C=O) groups excluding carboxylic acids is 3. The standard InChI is InChI=1S/C31H32F3N7O3/c1-17-25(38-18(2)27(17)30(44)36-7-10-41-8-3-4-9-41)15-24-23-6-5-21(14-26(23)40-29(24)43)39-28(42)19-11-20(31(32,33)34)13-22(12-19)37-16-35/h5-6,11-16,38H,3-4,7-10H2,1-2H3,(H2,35,37)(H,36,44)(H,39,42)(H,40,43)/b24-15-. The molecule has 0 spiro atoms. The molecule has 230 valence electrons. The smallest absolute Gasteiger partial charge is 0.390 e. The molecule has 0 bridgehead atoms. The number of aliphatic imine (C=N–C) groups is 1. The van der Waals surface area contributed by atoms with Crippen molar-refractivity contribution in [2.75, 3.05) is 36.8 Å². The number of aromatic nitrogens is 1. The van der Waals surface area contributed by atoms with Gasteiger partial charge < -0.3 is 31.6 Å². The molecule has 0 radical (unpaired) electrons. The fourth-order valence-electron chi connectivity index (χ4n) is 5.51. The largest absolute Gasteiger partial charge is 0.416 e. The molecule has 44 heavy (non-hydrogen) atoms. The van der Waals surface area contributed by atoms with Gasteiger partial charge in [0.05, 0.1) is 34.4 Å². The summed E-state index contributed by atoms with van der Waals surface area (Å²) in [5.74, 6) is -1.36. The van der Waals surface area contributed by atoms with Gasteiger partial charge in [0.1, 0.15) is 0 Å². The Labute approximate surface area is 251 Å². The quantitative estimate of drug-likeness (QED) is 0.141. The maximum Gasteiger partial charge on any atom is 0.416 e. The molecule has 6 N–H and O–H groups in total. The number of carbonyl (C=O) groups is 3. The zero-order chi connectivity index (χ0) is 31.6. The Hall–Kier alpha value is -4.91. The van der Waals surface area contributed by atoms with Crippen molar-refractivity contribution in [3.8, 4) is 0 Å². The molecule has 1 fully saturated rings. The van der Waals surface area contributed by atoms with E-state index in [9.17, 15) is 27.6 Å². The van der Waals surface area contributed by atoms with Gasteiger partial charge in [-0.05, 0) is 81.7 Å². The Kier molecular flexibility index (Phi) is 8.59. The van der Waals surface area contributed by atoms with E-state index in [4.69, 9.17) is 5.73 Å². The average Bonchev–Trinajstić information content (AvgIpc) is 3.66. The third kappa shape index (κ3) is 6.52. The number of rotatable bonds is 8. The number of halogens is 3. The molecule has 2 aromatic carbocycles. The van der Waals surface area contributed by atoms with Gasteiger partial charge in [0.25, 0.3) is 17.7 Å². The number of hydrogen-bond acceptors (Lipinski definition) is 5. The molecular formula is C31H32F3N7O3. The van der Waals surface area contributed by atoms with Gasteiger partial charge in [-0.3, -0.25) is 14.4 Å². The monoisotopic (exact) mass is 607 g/mol. The van der Waals surface area contributed by atoms with Crippen LogP contribution in [0.25, 0.3) is 11.6 Å². The fraction of sp³-hybridized carbons (Fsp3) is 0.290. The molecule has 10 nitrogen and oxygen atoms in total. The van der Waals surface area contributed by atoms with Crippen LogP contribution in [0.3, 0.4) is 0 Å². The first-order chi connectivity index (χ1) is 20.9. The Morgan fingerprint density at radius 2 is 1.84 bits per heavy atom. The number of fused-ring (bicyclic) bond motifs is 1. The summed E-state index contributed by atoms with van der Waals surface area (Å²) in [6, 6.07) is 7.39. The first kappa shape index (κ1) is 30.5. The lowest BCUT2D eigenvalue weighted by Crippen LogP contribution is -2.33. The van der Waals surface area contributed by atoms with E-state index >= 15 is 0 Å². The highest BCUT2D eigenvalue weighted by Gasteiger charge is 2.32. The molecule has 0 atom stereocenters. The van der Waals surface area contributed by atoms with E-state index in [1.807, 2.05) is 6.92 Å². The highest BCUT2D eigenvalue weighted by molar-refractivity contribution is 6.35. The predicted molar refractivity (Wildman–Crippen MR) is 163 cm³/mol. The highest BCUT2D eigenvalue weighted by Crippen LogP contribution is 2.37. The summed E-state index contributed by atoms with van der Waals surface area (Å²) in [5, 5.41) is 8.31. The number of likely N-dealkylation sites (tertiary alicyclic amines) is 1. The summed E-state index contributed by atoms with van der Waals surface area (Å²) in [6.07, 6.45) is 0.184. The number of alkyl halides is 3. The first-order valence-corrected chi connectivity index (χ1v) is 14.1. The number of nitrogens with zero attached hydrogens (tertiary/aromatic N) is 2. The number of H-pyrrole nitrogens is 1. The van der Waals surface area contributed by atoms with Gasteiger partial charge >= 0.3 is 6.18 Å². The van der Waals surface area contributed by atoms with Crippen molar-refractivity contribution in [3.05, 3.63) is 75.6 Å². The van der Waals surface area contributed by atoms with Gasteiger partial charge in [-0.15, -0.1) is 0 Å². The molecule has 3 amide bonds. The van der Waals surface area contributed by atoms with Crippen LogP contribution in [0, 0.1) is 13.8 Å². The maximum atomic E-state index is 13.4. The van der Waals surface area contributed by atoms with Crippen LogP contribution in [-0.2, 0) is 11.0 Å². The molecule has 2 aliphatic heterocycles. The van der Waals surface area contributed by atoms with Crippen molar-refractivity contribution < 1.29 is 27.6 Å². The minimum Gasteiger partial charge on any atom is -0.390 e. The van der Waals surface area contributed by atoms with E-state index in [-0.39, 0.29) is 28.8 Å².